The molecule has 0 spiro atoms. The number of hydrogen-bond donors (Lipinski definition) is 3. The van der Waals surface area contributed by atoms with E-state index in [1.54, 1.807) is 0 Å². The molecule has 104 valence electrons. The predicted molar refractivity (Wildman–Crippen MR) is 78.3 cm³/mol. The highest BCUT2D eigenvalue weighted by molar-refractivity contribution is 6.06. The van der Waals surface area contributed by atoms with Crippen LogP contribution in [0.15, 0.2) is 42.5 Å². The quantitative estimate of drug-likeness (QED) is 0.749. The Morgan fingerprint density at radius 2 is 1.70 bits per heavy atom. The number of phenols is 2. The molecule has 0 fully saturated rings. The molecule has 2 rings (SSSR count). The van der Waals surface area contributed by atoms with Gasteiger partial charge in [-0.3, -0.25) is 4.79 Å². The summed E-state index contributed by atoms with van der Waals surface area (Å²) in [5.74, 6) is -0.271. The second-order valence-electron chi connectivity index (χ2n) is 4.93. The number of rotatable bonds is 3. The minimum absolute atomic E-state index is 0.0398. The Morgan fingerprint density at radius 1 is 1.05 bits per heavy atom. The molecule has 4 heteroatoms. The Kier molecular flexibility index (Phi) is 3.94. The molecule has 20 heavy (non-hydrogen) atoms. The summed E-state index contributed by atoms with van der Waals surface area (Å²) in [5, 5.41) is 21.7. The van der Waals surface area contributed by atoms with E-state index < -0.39 is 5.91 Å². The first-order valence-electron chi connectivity index (χ1n) is 6.40. The van der Waals surface area contributed by atoms with Crippen LogP contribution >= 0.6 is 0 Å². The molecule has 0 heterocycles. The fraction of sp³-hybridized carbons (Fsp3) is 0.188. The molecule has 0 aliphatic rings. The average Bonchev–Trinajstić information content (AvgIpc) is 2.42. The van der Waals surface area contributed by atoms with Gasteiger partial charge >= 0.3 is 0 Å². The zero-order valence-electron chi connectivity index (χ0n) is 11.4. The summed E-state index contributed by atoms with van der Waals surface area (Å²) in [7, 11) is 0. The highest BCUT2D eigenvalue weighted by atomic mass is 16.3. The van der Waals surface area contributed by atoms with Crippen LogP contribution in [-0.2, 0) is 0 Å². The monoisotopic (exact) mass is 271 g/mol. The van der Waals surface area contributed by atoms with Crippen molar-refractivity contribution in [2.24, 2.45) is 0 Å². The number of amides is 1. The Hall–Kier alpha value is -2.49. The lowest BCUT2D eigenvalue weighted by atomic mass is 10.0. The fourth-order valence-corrected chi connectivity index (χ4v) is 1.86. The molecule has 2 aromatic carbocycles. The van der Waals surface area contributed by atoms with E-state index in [1.165, 1.54) is 23.8 Å². The van der Waals surface area contributed by atoms with Crippen molar-refractivity contribution in [3.05, 3.63) is 53.6 Å². The molecule has 0 aromatic heterocycles. The first kappa shape index (κ1) is 13.9. The third kappa shape index (κ3) is 3.09. The van der Waals surface area contributed by atoms with Gasteiger partial charge < -0.3 is 15.5 Å². The van der Waals surface area contributed by atoms with Crippen LogP contribution in [0.1, 0.15) is 35.7 Å². The van der Waals surface area contributed by atoms with Crippen LogP contribution in [0.25, 0.3) is 0 Å². The number of carbonyl (C=O) groups is 1. The van der Waals surface area contributed by atoms with Crippen LogP contribution in [-0.4, -0.2) is 16.1 Å². The number of phenolic OH excluding ortho intramolecular Hbond substituents is 2. The molecule has 3 N–H and O–H groups in total. The molecule has 0 atom stereocenters. The van der Waals surface area contributed by atoms with Gasteiger partial charge in [-0.15, -0.1) is 0 Å². The first-order chi connectivity index (χ1) is 9.47. The van der Waals surface area contributed by atoms with Gasteiger partial charge in [0, 0.05) is 5.69 Å². The van der Waals surface area contributed by atoms with Crippen molar-refractivity contribution in [1.29, 1.82) is 0 Å². The van der Waals surface area contributed by atoms with Crippen LogP contribution < -0.4 is 5.32 Å². The van der Waals surface area contributed by atoms with Gasteiger partial charge in [0.1, 0.15) is 11.5 Å². The summed E-state index contributed by atoms with van der Waals surface area (Å²) in [5.41, 5.74) is 1.86. The highest BCUT2D eigenvalue weighted by Crippen LogP contribution is 2.23. The number of hydrogen-bond acceptors (Lipinski definition) is 3. The number of carbonyl (C=O) groups excluding carboxylic acids is 1. The van der Waals surface area contributed by atoms with E-state index in [2.05, 4.69) is 19.2 Å². The lowest BCUT2D eigenvalue weighted by Crippen LogP contribution is -2.12. The van der Waals surface area contributed by atoms with E-state index >= 15 is 0 Å². The predicted octanol–water partition coefficient (Wildman–Crippen LogP) is 3.47. The third-order valence-corrected chi connectivity index (χ3v) is 3.06. The summed E-state index contributed by atoms with van der Waals surface area (Å²) in [6, 6.07) is 11.4. The van der Waals surface area contributed by atoms with Crippen molar-refractivity contribution in [3.8, 4) is 11.5 Å². The van der Waals surface area contributed by atoms with Gasteiger partial charge in [-0.05, 0) is 41.8 Å². The van der Waals surface area contributed by atoms with E-state index in [1.807, 2.05) is 24.3 Å². The molecule has 0 radical (unpaired) electrons. The Labute approximate surface area is 117 Å². The maximum atomic E-state index is 12.0. The number of nitrogens with one attached hydrogen (secondary N) is 1. The second kappa shape index (κ2) is 5.65. The van der Waals surface area contributed by atoms with E-state index in [0.717, 1.165) is 0 Å². The summed E-state index contributed by atoms with van der Waals surface area (Å²) < 4.78 is 0. The summed E-state index contributed by atoms with van der Waals surface area (Å²) >= 11 is 0. The molecule has 1 amide bonds. The zero-order chi connectivity index (χ0) is 14.7. The minimum Gasteiger partial charge on any atom is -0.508 e. The number of benzene rings is 2. The van der Waals surface area contributed by atoms with E-state index in [0.29, 0.717) is 11.6 Å². The number of aromatic hydroxyl groups is 2. The van der Waals surface area contributed by atoms with Gasteiger partial charge in [-0.25, -0.2) is 0 Å². The Balaban J connectivity index is 2.17. The van der Waals surface area contributed by atoms with Crippen molar-refractivity contribution in [1.82, 2.24) is 0 Å². The van der Waals surface area contributed by atoms with E-state index in [-0.39, 0.29) is 17.1 Å². The van der Waals surface area contributed by atoms with Gasteiger partial charge in [0.2, 0.25) is 0 Å². The lowest BCUT2D eigenvalue weighted by Gasteiger charge is -2.09. The lowest BCUT2D eigenvalue weighted by molar-refractivity contribution is 0.102. The zero-order valence-corrected chi connectivity index (χ0v) is 11.4. The first-order valence-corrected chi connectivity index (χ1v) is 6.40. The topological polar surface area (TPSA) is 69.6 Å². The van der Waals surface area contributed by atoms with Crippen molar-refractivity contribution in [2.75, 3.05) is 5.32 Å². The largest absolute Gasteiger partial charge is 0.508 e. The van der Waals surface area contributed by atoms with Gasteiger partial charge in [0.25, 0.3) is 5.91 Å². The van der Waals surface area contributed by atoms with Crippen LogP contribution in [0.3, 0.4) is 0 Å². The average molecular weight is 271 g/mol. The molecular formula is C16H17NO3. The molecule has 0 saturated carbocycles. The number of anilines is 1. The normalized spacial score (nSPS) is 10.6. The Bertz CT molecular complexity index is 618. The fourth-order valence-electron chi connectivity index (χ4n) is 1.86. The Morgan fingerprint density at radius 3 is 2.30 bits per heavy atom. The van der Waals surface area contributed by atoms with Crippen molar-refractivity contribution < 1.29 is 15.0 Å². The maximum Gasteiger partial charge on any atom is 0.259 e. The molecule has 0 aliphatic heterocycles. The smallest absolute Gasteiger partial charge is 0.259 e. The van der Waals surface area contributed by atoms with Gasteiger partial charge in [-0.1, -0.05) is 26.0 Å². The van der Waals surface area contributed by atoms with E-state index in [4.69, 9.17) is 0 Å². The summed E-state index contributed by atoms with van der Waals surface area (Å²) in [6.07, 6.45) is 0. The summed E-state index contributed by atoms with van der Waals surface area (Å²) in [4.78, 5) is 12.0. The summed E-state index contributed by atoms with van der Waals surface area (Å²) in [6.45, 7) is 4.19. The molecule has 4 nitrogen and oxygen atoms in total. The van der Waals surface area contributed by atoms with Gasteiger partial charge in [0.05, 0.1) is 5.56 Å². The standard InChI is InChI=1S/C16H17NO3/c1-10(2)11-3-5-12(6-4-11)17-16(20)14-9-13(18)7-8-15(14)19/h3-10,18-19H,1-2H3,(H,17,20). The van der Waals surface area contributed by atoms with Crippen LogP contribution in [0, 0.1) is 0 Å². The van der Waals surface area contributed by atoms with Crippen LogP contribution in [0.4, 0.5) is 5.69 Å². The van der Waals surface area contributed by atoms with Crippen molar-refractivity contribution >= 4 is 11.6 Å². The SMILES string of the molecule is CC(C)c1ccc(NC(=O)c2cc(O)ccc2O)cc1. The third-order valence-electron chi connectivity index (χ3n) is 3.06. The molecule has 0 aliphatic carbocycles. The van der Waals surface area contributed by atoms with E-state index in [9.17, 15) is 15.0 Å². The molecular weight excluding hydrogens is 254 g/mol. The van der Waals surface area contributed by atoms with Gasteiger partial charge in [0.15, 0.2) is 0 Å². The van der Waals surface area contributed by atoms with Crippen LogP contribution in [0.2, 0.25) is 0 Å². The maximum absolute atomic E-state index is 12.0. The van der Waals surface area contributed by atoms with Crippen molar-refractivity contribution in [3.63, 3.8) is 0 Å². The second-order valence-corrected chi connectivity index (χ2v) is 4.93. The molecule has 0 bridgehead atoms. The minimum atomic E-state index is -0.462. The molecule has 0 saturated heterocycles. The van der Waals surface area contributed by atoms with Gasteiger partial charge in [-0.2, -0.15) is 0 Å². The molecule has 0 unspecified atom stereocenters. The highest BCUT2D eigenvalue weighted by Gasteiger charge is 2.12. The van der Waals surface area contributed by atoms with Crippen molar-refractivity contribution in [2.45, 2.75) is 19.8 Å². The molecule has 2 aromatic rings. The van der Waals surface area contributed by atoms with Crippen LogP contribution in [0.5, 0.6) is 11.5 Å².